The zero-order valence-electron chi connectivity index (χ0n) is 13.7. The van der Waals surface area contributed by atoms with Crippen molar-refractivity contribution in [2.24, 2.45) is 0 Å². The van der Waals surface area contributed by atoms with Crippen molar-refractivity contribution in [3.63, 3.8) is 0 Å². The number of hydrogen-bond acceptors (Lipinski definition) is 3. The maximum absolute atomic E-state index is 11.9. The number of aromatic nitrogens is 2. The van der Waals surface area contributed by atoms with E-state index in [4.69, 9.17) is 0 Å². The molecule has 22 heavy (non-hydrogen) atoms. The van der Waals surface area contributed by atoms with Crippen LogP contribution < -0.4 is 10.6 Å². The Morgan fingerprint density at radius 3 is 2.95 bits per heavy atom. The summed E-state index contributed by atoms with van der Waals surface area (Å²) in [5.41, 5.74) is 1.50. The fourth-order valence-corrected chi connectivity index (χ4v) is 2.73. The van der Waals surface area contributed by atoms with Gasteiger partial charge in [-0.2, -0.15) is 5.10 Å². The fourth-order valence-electron chi connectivity index (χ4n) is 2.73. The molecule has 0 bridgehead atoms. The van der Waals surface area contributed by atoms with Crippen molar-refractivity contribution in [3.05, 3.63) is 30.1 Å². The minimum atomic E-state index is 0.0657. The van der Waals surface area contributed by atoms with Gasteiger partial charge in [-0.05, 0) is 52.0 Å². The normalized spacial score (nSPS) is 17.6. The number of rotatable bonds is 8. The smallest absolute Gasteiger partial charge is 0.233 e. The van der Waals surface area contributed by atoms with E-state index in [2.05, 4.69) is 35.7 Å². The number of carbonyl (C=O) groups is 1. The number of hydrogen-bond donors (Lipinski definition) is 2. The largest absolute Gasteiger partial charge is 0.355 e. The molecule has 0 unspecified atom stereocenters. The lowest BCUT2D eigenvalue weighted by molar-refractivity contribution is -0.120. The molecule has 1 aromatic rings. The highest BCUT2D eigenvalue weighted by Crippen LogP contribution is 2.19. The van der Waals surface area contributed by atoms with Crippen LogP contribution >= 0.6 is 0 Å². The molecule has 0 saturated heterocycles. The number of nitrogens with one attached hydrogen (secondary N) is 2. The topological polar surface area (TPSA) is 59.0 Å². The highest BCUT2D eigenvalue weighted by molar-refractivity contribution is 5.78. The van der Waals surface area contributed by atoms with Crippen molar-refractivity contribution < 1.29 is 4.79 Å². The Kier molecular flexibility index (Phi) is 6.65. The maximum Gasteiger partial charge on any atom is 0.233 e. The molecular formula is C17H28N4O. The maximum atomic E-state index is 11.9. The molecule has 0 aromatic carbocycles. The van der Waals surface area contributed by atoms with Crippen molar-refractivity contribution in [3.8, 4) is 0 Å². The minimum Gasteiger partial charge on any atom is -0.355 e. The van der Waals surface area contributed by atoms with Crippen molar-refractivity contribution in [1.29, 1.82) is 0 Å². The molecule has 0 spiro atoms. The van der Waals surface area contributed by atoms with E-state index in [1.54, 1.807) is 6.20 Å². The van der Waals surface area contributed by atoms with E-state index in [9.17, 15) is 4.79 Å². The average molecular weight is 304 g/mol. The van der Waals surface area contributed by atoms with Gasteiger partial charge in [0.1, 0.15) is 0 Å². The summed E-state index contributed by atoms with van der Waals surface area (Å²) in [6.45, 7) is 5.27. The SMILES string of the molecule is C[C@H]([C@@H](C)NCC(=O)NCCC1=CCCCC1)n1cccn1. The van der Waals surface area contributed by atoms with Crippen LogP contribution in [0.25, 0.3) is 0 Å². The van der Waals surface area contributed by atoms with Crippen molar-refractivity contribution in [2.75, 3.05) is 13.1 Å². The number of nitrogens with zero attached hydrogens (tertiary/aromatic N) is 2. The van der Waals surface area contributed by atoms with Gasteiger partial charge in [-0.3, -0.25) is 9.48 Å². The second kappa shape index (κ2) is 8.73. The van der Waals surface area contributed by atoms with Crippen molar-refractivity contribution >= 4 is 5.91 Å². The van der Waals surface area contributed by atoms with Crippen LogP contribution in [-0.4, -0.2) is 34.8 Å². The van der Waals surface area contributed by atoms with Crippen LogP contribution in [0.2, 0.25) is 0 Å². The van der Waals surface area contributed by atoms with Crippen LogP contribution in [0.1, 0.15) is 52.0 Å². The first-order chi connectivity index (χ1) is 10.7. The standard InChI is InChI=1S/C17H28N4O/c1-14(15(2)21-12-6-10-20-21)19-13-17(22)18-11-9-16-7-4-3-5-8-16/h6-7,10,12,14-15,19H,3-5,8-9,11,13H2,1-2H3,(H,18,22)/t14-,15-/m1/s1. The van der Waals surface area contributed by atoms with Crippen molar-refractivity contribution in [1.82, 2.24) is 20.4 Å². The summed E-state index contributed by atoms with van der Waals surface area (Å²) in [6, 6.07) is 2.32. The Balaban J connectivity index is 1.61. The zero-order valence-corrected chi connectivity index (χ0v) is 13.7. The van der Waals surface area contributed by atoms with Crippen LogP contribution in [0.5, 0.6) is 0 Å². The first kappa shape index (κ1) is 16.7. The van der Waals surface area contributed by atoms with E-state index < -0.39 is 0 Å². The molecule has 1 aliphatic carbocycles. The van der Waals surface area contributed by atoms with Gasteiger partial charge in [0.25, 0.3) is 0 Å². The third kappa shape index (κ3) is 5.30. The van der Waals surface area contributed by atoms with Gasteiger partial charge in [-0.15, -0.1) is 0 Å². The van der Waals surface area contributed by atoms with Gasteiger partial charge >= 0.3 is 0 Å². The van der Waals surface area contributed by atoms with Crippen molar-refractivity contribution in [2.45, 2.75) is 58.0 Å². The molecule has 2 rings (SSSR count). The third-order valence-electron chi connectivity index (χ3n) is 4.40. The highest BCUT2D eigenvalue weighted by Gasteiger charge is 2.14. The van der Waals surface area contributed by atoms with Crippen LogP contribution in [0.3, 0.4) is 0 Å². The first-order valence-corrected chi connectivity index (χ1v) is 8.34. The number of amides is 1. The molecule has 0 aliphatic heterocycles. The summed E-state index contributed by atoms with van der Waals surface area (Å²) in [6.07, 6.45) is 12.1. The molecule has 1 amide bonds. The summed E-state index contributed by atoms with van der Waals surface area (Å²) in [7, 11) is 0. The summed E-state index contributed by atoms with van der Waals surface area (Å²) in [5.74, 6) is 0.0657. The Labute approximate surface area is 133 Å². The summed E-state index contributed by atoms with van der Waals surface area (Å²) >= 11 is 0. The average Bonchev–Trinajstić information content (AvgIpc) is 3.07. The van der Waals surface area contributed by atoms with Crippen LogP contribution in [0, 0.1) is 0 Å². The number of carbonyl (C=O) groups excluding carboxylic acids is 1. The van der Waals surface area contributed by atoms with Gasteiger partial charge in [0.05, 0.1) is 12.6 Å². The third-order valence-corrected chi connectivity index (χ3v) is 4.40. The molecule has 2 N–H and O–H groups in total. The van der Waals surface area contributed by atoms with Gasteiger partial charge in [0, 0.05) is 25.0 Å². The molecule has 1 aromatic heterocycles. The van der Waals surface area contributed by atoms with E-state index in [0.29, 0.717) is 6.54 Å². The molecule has 1 heterocycles. The molecule has 5 heteroatoms. The van der Waals surface area contributed by atoms with E-state index in [0.717, 1.165) is 13.0 Å². The lowest BCUT2D eigenvalue weighted by Gasteiger charge is -2.21. The molecule has 0 radical (unpaired) electrons. The lowest BCUT2D eigenvalue weighted by Crippen LogP contribution is -2.41. The summed E-state index contributed by atoms with van der Waals surface area (Å²) < 4.78 is 1.91. The fraction of sp³-hybridized carbons (Fsp3) is 0.647. The van der Waals surface area contributed by atoms with Gasteiger partial charge < -0.3 is 10.6 Å². The number of allylic oxidation sites excluding steroid dienone is 1. The molecule has 0 fully saturated rings. The van der Waals surface area contributed by atoms with E-state index in [1.807, 2.05) is 16.9 Å². The second-order valence-electron chi connectivity index (χ2n) is 6.10. The summed E-state index contributed by atoms with van der Waals surface area (Å²) in [5, 5.41) is 10.5. The minimum absolute atomic E-state index is 0.0657. The Bertz CT molecular complexity index is 481. The Morgan fingerprint density at radius 2 is 2.27 bits per heavy atom. The monoisotopic (exact) mass is 304 g/mol. The van der Waals surface area contributed by atoms with Gasteiger partial charge in [0.15, 0.2) is 0 Å². The predicted molar refractivity (Wildman–Crippen MR) is 88.6 cm³/mol. The van der Waals surface area contributed by atoms with Gasteiger partial charge in [-0.1, -0.05) is 11.6 Å². The quantitative estimate of drug-likeness (QED) is 0.725. The van der Waals surface area contributed by atoms with E-state index >= 15 is 0 Å². The lowest BCUT2D eigenvalue weighted by atomic mass is 9.97. The Morgan fingerprint density at radius 1 is 1.41 bits per heavy atom. The van der Waals surface area contributed by atoms with E-state index in [-0.39, 0.29) is 18.0 Å². The first-order valence-electron chi connectivity index (χ1n) is 8.34. The van der Waals surface area contributed by atoms with Crippen LogP contribution in [0.4, 0.5) is 0 Å². The van der Waals surface area contributed by atoms with Crippen LogP contribution in [0.15, 0.2) is 30.1 Å². The molecule has 2 atom stereocenters. The van der Waals surface area contributed by atoms with E-state index in [1.165, 1.54) is 31.3 Å². The molecular weight excluding hydrogens is 276 g/mol. The summed E-state index contributed by atoms with van der Waals surface area (Å²) in [4.78, 5) is 11.9. The predicted octanol–water partition coefficient (Wildman–Crippen LogP) is 2.43. The zero-order chi connectivity index (χ0) is 15.8. The second-order valence-corrected chi connectivity index (χ2v) is 6.10. The molecule has 5 nitrogen and oxygen atoms in total. The highest BCUT2D eigenvalue weighted by atomic mass is 16.1. The van der Waals surface area contributed by atoms with Gasteiger partial charge in [0.2, 0.25) is 5.91 Å². The molecule has 1 aliphatic rings. The molecule has 0 saturated carbocycles. The van der Waals surface area contributed by atoms with Crippen LogP contribution in [-0.2, 0) is 4.79 Å². The molecule has 122 valence electrons. The Hall–Kier alpha value is -1.62. The van der Waals surface area contributed by atoms with Gasteiger partial charge in [-0.25, -0.2) is 0 Å².